The van der Waals surface area contributed by atoms with Crippen molar-refractivity contribution in [1.29, 1.82) is 0 Å². The monoisotopic (exact) mass is 168 g/mol. The molecule has 1 aromatic rings. The van der Waals surface area contributed by atoms with Crippen LogP contribution in [0.1, 0.15) is 11.1 Å². The Kier molecular flexibility index (Phi) is 2.55. The van der Waals surface area contributed by atoms with Gasteiger partial charge in [-0.25, -0.2) is 0 Å². The Labute approximate surface area is 71.2 Å². The minimum atomic E-state index is -0.127. The molecule has 0 unspecified atom stereocenters. The van der Waals surface area contributed by atoms with Crippen molar-refractivity contribution in [3.63, 3.8) is 0 Å². The number of phenolic OH excluding ortho intramolecular Hbond substituents is 1. The largest absolute Gasteiger partial charge is 0.504 e. The summed E-state index contributed by atoms with van der Waals surface area (Å²) in [6.07, 6.45) is 0. The van der Waals surface area contributed by atoms with Gasteiger partial charge in [0.15, 0.2) is 11.5 Å². The van der Waals surface area contributed by atoms with Gasteiger partial charge in [-0.2, -0.15) is 0 Å². The molecule has 3 heteroatoms. The van der Waals surface area contributed by atoms with E-state index in [1.54, 1.807) is 12.1 Å². The number of rotatable bonds is 2. The van der Waals surface area contributed by atoms with Crippen LogP contribution in [0.3, 0.4) is 0 Å². The van der Waals surface area contributed by atoms with Gasteiger partial charge in [0.2, 0.25) is 0 Å². The maximum atomic E-state index is 9.37. The van der Waals surface area contributed by atoms with Crippen LogP contribution in [-0.2, 0) is 6.61 Å². The standard InChI is InChI=1S/C9H12O3/c1-6-3-7(5-10)9(12-2)8(11)4-6/h3-4,10-11H,5H2,1-2H3. The molecule has 0 bridgehead atoms. The molecule has 0 aliphatic heterocycles. The normalized spacial score (nSPS) is 9.92. The lowest BCUT2D eigenvalue weighted by Crippen LogP contribution is -1.93. The summed E-state index contributed by atoms with van der Waals surface area (Å²) in [7, 11) is 1.46. The van der Waals surface area contributed by atoms with E-state index in [0.29, 0.717) is 11.3 Å². The van der Waals surface area contributed by atoms with Crippen LogP contribution in [0.25, 0.3) is 0 Å². The molecule has 0 radical (unpaired) electrons. The molecular formula is C9H12O3. The lowest BCUT2D eigenvalue weighted by molar-refractivity contribution is 0.270. The molecule has 0 heterocycles. The maximum Gasteiger partial charge on any atom is 0.165 e. The summed E-state index contributed by atoms with van der Waals surface area (Å²) in [5, 5.41) is 18.3. The summed E-state index contributed by atoms with van der Waals surface area (Å²) >= 11 is 0. The van der Waals surface area contributed by atoms with Gasteiger partial charge in [-0.05, 0) is 24.6 Å². The first-order valence-corrected chi connectivity index (χ1v) is 3.66. The van der Waals surface area contributed by atoms with Gasteiger partial charge in [-0.1, -0.05) is 0 Å². The predicted molar refractivity (Wildman–Crippen MR) is 45.3 cm³/mol. The van der Waals surface area contributed by atoms with Crippen LogP contribution in [0, 0.1) is 6.92 Å². The van der Waals surface area contributed by atoms with Gasteiger partial charge in [-0.15, -0.1) is 0 Å². The highest BCUT2D eigenvalue weighted by Gasteiger charge is 2.07. The number of hydrogen-bond acceptors (Lipinski definition) is 3. The molecule has 1 rings (SSSR count). The zero-order valence-electron chi connectivity index (χ0n) is 7.16. The van der Waals surface area contributed by atoms with Crippen molar-refractivity contribution in [3.05, 3.63) is 23.3 Å². The molecule has 0 aromatic heterocycles. The van der Waals surface area contributed by atoms with Crippen LogP contribution in [0.5, 0.6) is 11.5 Å². The van der Waals surface area contributed by atoms with Crippen LogP contribution in [0.4, 0.5) is 0 Å². The van der Waals surface area contributed by atoms with Gasteiger partial charge in [0, 0.05) is 5.56 Å². The third-order valence-electron chi connectivity index (χ3n) is 1.67. The van der Waals surface area contributed by atoms with Crippen molar-refractivity contribution >= 4 is 0 Å². The molecule has 12 heavy (non-hydrogen) atoms. The number of hydrogen-bond donors (Lipinski definition) is 2. The Bertz CT molecular complexity index is 281. The fourth-order valence-corrected chi connectivity index (χ4v) is 1.18. The number of phenols is 1. The highest BCUT2D eigenvalue weighted by molar-refractivity contribution is 5.47. The van der Waals surface area contributed by atoms with Gasteiger partial charge in [0.25, 0.3) is 0 Å². The van der Waals surface area contributed by atoms with E-state index in [4.69, 9.17) is 9.84 Å². The molecule has 0 fully saturated rings. The van der Waals surface area contributed by atoms with Gasteiger partial charge >= 0.3 is 0 Å². The SMILES string of the molecule is COc1c(O)cc(C)cc1CO. The number of benzene rings is 1. The molecule has 0 spiro atoms. The summed E-state index contributed by atoms with van der Waals surface area (Å²) in [4.78, 5) is 0. The number of aliphatic hydroxyl groups is 1. The number of aromatic hydroxyl groups is 1. The Balaban J connectivity index is 3.24. The smallest absolute Gasteiger partial charge is 0.165 e. The van der Waals surface area contributed by atoms with E-state index in [1.165, 1.54) is 7.11 Å². The molecule has 66 valence electrons. The summed E-state index contributed by atoms with van der Waals surface area (Å²) in [5.41, 5.74) is 1.51. The van der Waals surface area contributed by atoms with E-state index in [2.05, 4.69) is 0 Å². The second kappa shape index (κ2) is 3.45. The van der Waals surface area contributed by atoms with E-state index < -0.39 is 0 Å². The van der Waals surface area contributed by atoms with E-state index in [0.717, 1.165) is 5.56 Å². The van der Waals surface area contributed by atoms with Gasteiger partial charge in [0.05, 0.1) is 13.7 Å². The van der Waals surface area contributed by atoms with Crippen molar-refractivity contribution < 1.29 is 14.9 Å². The zero-order valence-corrected chi connectivity index (χ0v) is 7.16. The van der Waals surface area contributed by atoms with Crippen LogP contribution < -0.4 is 4.74 Å². The Morgan fingerprint density at radius 1 is 1.42 bits per heavy atom. The average Bonchev–Trinajstić information content (AvgIpc) is 2.03. The Hall–Kier alpha value is -1.22. The van der Waals surface area contributed by atoms with Crippen LogP contribution in [-0.4, -0.2) is 17.3 Å². The first-order chi connectivity index (χ1) is 5.69. The average molecular weight is 168 g/mol. The molecular weight excluding hydrogens is 156 g/mol. The van der Waals surface area contributed by atoms with E-state index in [9.17, 15) is 5.11 Å². The molecule has 0 amide bonds. The summed E-state index contributed by atoms with van der Waals surface area (Å²) in [6, 6.07) is 3.37. The Morgan fingerprint density at radius 2 is 2.08 bits per heavy atom. The van der Waals surface area contributed by atoms with Crippen molar-refractivity contribution in [2.45, 2.75) is 13.5 Å². The minimum Gasteiger partial charge on any atom is -0.504 e. The molecule has 3 nitrogen and oxygen atoms in total. The highest BCUT2D eigenvalue weighted by Crippen LogP contribution is 2.31. The van der Waals surface area contributed by atoms with E-state index in [-0.39, 0.29) is 12.4 Å². The first-order valence-electron chi connectivity index (χ1n) is 3.66. The molecule has 0 aliphatic carbocycles. The summed E-state index contributed by atoms with van der Waals surface area (Å²) in [6.45, 7) is 1.72. The Morgan fingerprint density at radius 3 is 2.58 bits per heavy atom. The van der Waals surface area contributed by atoms with Crippen LogP contribution in [0.2, 0.25) is 0 Å². The molecule has 0 atom stereocenters. The maximum absolute atomic E-state index is 9.37. The molecule has 0 saturated heterocycles. The van der Waals surface area contributed by atoms with E-state index >= 15 is 0 Å². The van der Waals surface area contributed by atoms with Crippen molar-refractivity contribution in [2.24, 2.45) is 0 Å². The quantitative estimate of drug-likeness (QED) is 0.697. The lowest BCUT2D eigenvalue weighted by atomic mass is 10.1. The molecule has 2 N–H and O–H groups in total. The third kappa shape index (κ3) is 1.51. The van der Waals surface area contributed by atoms with Gasteiger partial charge in [-0.3, -0.25) is 0 Å². The second-order valence-corrected chi connectivity index (χ2v) is 2.63. The van der Waals surface area contributed by atoms with Crippen LogP contribution >= 0.6 is 0 Å². The molecule has 1 aromatic carbocycles. The third-order valence-corrected chi connectivity index (χ3v) is 1.67. The highest BCUT2D eigenvalue weighted by atomic mass is 16.5. The second-order valence-electron chi connectivity index (χ2n) is 2.63. The van der Waals surface area contributed by atoms with Crippen LogP contribution in [0.15, 0.2) is 12.1 Å². The number of aliphatic hydroxyl groups excluding tert-OH is 1. The topological polar surface area (TPSA) is 49.7 Å². The molecule has 0 aliphatic rings. The fraction of sp³-hybridized carbons (Fsp3) is 0.333. The number of methoxy groups -OCH3 is 1. The lowest BCUT2D eigenvalue weighted by Gasteiger charge is -2.08. The number of ether oxygens (including phenoxy) is 1. The predicted octanol–water partition coefficient (Wildman–Crippen LogP) is 1.20. The summed E-state index contributed by atoms with van der Waals surface area (Å²) in [5.74, 6) is 0.421. The van der Waals surface area contributed by atoms with Gasteiger partial charge in [0.1, 0.15) is 0 Å². The zero-order chi connectivity index (χ0) is 9.14. The fourth-order valence-electron chi connectivity index (χ4n) is 1.18. The first kappa shape index (κ1) is 8.87. The van der Waals surface area contributed by atoms with Crippen molar-refractivity contribution in [3.8, 4) is 11.5 Å². The number of aryl methyl sites for hydroxylation is 1. The summed E-state index contributed by atoms with van der Waals surface area (Å²) < 4.78 is 4.91. The minimum absolute atomic E-state index is 0.0709. The van der Waals surface area contributed by atoms with Crippen molar-refractivity contribution in [1.82, 2.24) is 0 Å². The van der Waals surface area contributed by atoms with E-state index in [1.807, 2.05) is 6.92 Å². The molecule has 0 saturated carbocycles. The van der Waals surface area contributed by atoms with Crippen molar-refractivity contribution in [2.75, 3.05) is 7.11 Å². The van der Waals surface area contributed by atoms with Gasteiger partial charge < -0.3 is 14.9 Å².